The minimum atomic E-state index is 0.643. The van der Waals surface area contributed by atoms with Gasteiger partial charge in [-0.25, -0.2) is 4.98 Å². The average Bonchev–Trinajstić information content (AvgIpc) is 3.15. The molecular weight excluding hydrogens is 300 g/mol. The quantitative estimate of drug-likeness (QED) is 0.937. The molecule has 2 aromatic rings. The van der Waals surface area contributed by atoms with Crippen molar-refractivity contribution in [2.75, 3.05) is 45.1 Å². The highest BCUT2D eigenvalue weighted by Gasteiger charge is 2.12. The van der Waals surface area contributed by atoms with Crippen LogP contribution >= 0.6 is 0 Å². The van der Waals surface area contributed by atoms with E-state index in [4.69, 9.17) is 10.5 Å². The van der Waals surface area contributed by atoms with Crippen molar-refractivity contribution in [2.45, 2.75) is 6.42 Å². The van der Waals surface area contributed by atoms with Crippen molar-refractivity contribution in [3.05, 3.63) is 41.5 Å². The fourth-order valence-electron chi connectivity index (χ4n) is 3.26. The number of ether oxygens (including phenoxy) is 1. The second-order valence-electron chi connectivity index (χ2n) is 6.33. The van der Waals surface area contributed by atoms with Crippen LogP contribution in [0.3, 0.4) is 0 Å². The Balaban J connectivity index is 1.54. The summed E-state index contributed by atoms with van der Waals surface area (Å²) in [5.41, 5.74) is 10.7. The molecule has 0 bridgehead atoms. The Bertz CT molecular complexity index is 806. The van der Waals surface area contributed by atoms with E-state index >= 15 is 0 Å². The second kappa shape index (κ2) is 6.71. The lowest BCUT2D eigenvalue weighted by molar-refractivity contribution is 0.0384. The Morgan fingerprint density at radius 2 is 2.04 bits per heavy atom. The summed E-state index contributed by atoms with van der Waals surface area (Å²) in [6, 6.07) is 8.57. The van der Waals surface area contributed by atoms with Crippen LogP contribution in [0.4, 0.5) is 5.82 Å². The van der Waals surface area contributed by atoms with Crippen LogP contribution in [0.5, 0.6) is 0 Å². The Morgan fingerprint density at radius 1 is 1.17 bits per heavy atom. The van der Waals surface area contributed by atoms with Crippen molar-refractivity contribution in [1.29, 1.82) is 0 Å². The van der Waals surface area contributed by atoms with Crippen LogP contribution in [0.1, 0.15) is 11.1 Å². The number of aromatic nitrogens is 1. The monoisotopic (exact) mass is 322 g/mol. The number of aliphatic imine (C=N–C) groups is 1. The highest BCUT2D eigenvalue weighted by atomic mass is 16.5. The predicted molar refractivity (Wildman–Crippen MR) is 98.5 cm³/mol. The molecule has 5 heteroatoms. The lowest BCUT2D eigenvalue weighted by Crippen LogP contribution is -2.37. The fourth-order valence-corrected chi connectivity index (χ4v) is 3.26. The molecule has 0 saturated carbocycles. The van der Waals surface area contributed by atoms with Gasteiger partial charge in [0.25, 0.3) is 0 Å². The highest BCUT2D eigenvalue weighted by molar-refractivity contribution is 5.92. The number of pyridine rings is 1. The van der Waals surface area contributed by atoms with Crippen LogP contribution in [0.25, 0.3) is 16.5 Å². The standard InChI is InChI=1S/C19H22N4O/c20-19-16(4-6-23-7-9-24-10-8-23)11-15-2-1-14(12-18(15)22-19)17-3-5-21-13-17/h1-3,5,11-12H,4,6-10,13H2,(H2,20,22). The van der Waals surface area contributed by atoms with E-state index in [1.807, 2.05) is 6.21 Å². The number of morpholine rings is 1. The largest absolute Gasteiger partial charge is 0.383 e. The zero-order valence-electron chi connectivity index (χ0n) is 13.7. The topological polar surface area (TPSA) is 63.7 Å². The second-order valence-corrected chi connectivity index (χ2v) is 6.33. The van der Waals surface area contributed by atoms with Gasteiger partial charge < -0.3 is 10.5 Å². The van der Waals surface area contributed by atoms with E-state index in [1.54, 1.807) is 0 Å². The van der Waals surface area contributed by atoms with Crippen LogP contribution in [0.15, 0.2) is 35.3 Å². The van der Waals surface area contributed by atoms with Gasteiger partial charge in [-0.1, -0.05) is 12.1 Å². The summed E-state index contributed by atoms with van der Waals surface area (Å²) in [7, 11) is 0. The minimum Gasteiger partial charge on any atom is -0.383 e. The molecule has 1 fully saturated rings. The summed E-state index contributed by atoms with van der Waals surface area (Å²) in [5.74, 6) is 0.643. The van der Waals surface area contributed by atoms with Crippen molar-refractivity contribution < 1.29 is 4.74 Å². The molecule has 5 nitrogen and oxygen atoms in total. The predicted octanol–water partition coefficient (Wildman–Crippen LogP) is 2.16. The van der Waals surface area contributed by atoms with Crippen molar-refractivity contribution in [3.63, 3.8) is 0 Å². The Kier molecular flexibility index (Phi) is 4.28. The maximum atomic E-state index is 6.21. The number of benzene rings is 1. The number of fused-ring (bicyclic) bond motifs is 1. The number of hydrogen-bond acceptors (Lipinski definition) is 5. The van der Waals surface area contributed by atoms with Crippen LogP contribution in [-0.4, -0.2) is 55.5 Å². The molecule has 2 N–H and O–H groups in total. The molecule has 2 aliphatic heterocycles. The first-order valence-corrected chi connectivity index (χ1v) is 8.48. The maximum Gasteiger partial charge on any atom is 0.127 e. The van der Waals surface area contributed by atoms with Gasteiger partial charge in [-0.05, 0) is 41.3 Å². The van der Waals surface area contributed by atoms with E-state index in [-0.39, 0.29) is 0 Å². The molecule has 0 spiro atoms. The molecule has 0 amide bonds. The average molecular weight is 322 g/mol. The highest BCUT2D eigenvalue weighted by Crippen LogP contribution is 2.24. The van der Waals surface area contributed by atoms with Gasteiger partial charge in [0, 0.05) is 31.2 Å². The summed E-state index contributed by atoms with van der Waals surface area (Å²) in [5, 5.41) is 1.14. The summed E-state index contributed by atoms with van der Waals surface area (Å²) in [6.45, 7) is 5.41. The van der Waals surface area contributed by atoms with Crippen molar-refractivity contribution >= 4 is 28.5 Å². The molecule has 0 atom stereocenters. The van der Waals surface area contributed by atoms with Crippen LogP contribution in [0.2, 0.25) is 0 Å². The number of allylic oxidation sites excluding steroid dienone is 1. The first-order chi connectivity index (χ1) is 11.8. The first kappa shape index (κ1) is 15.3. The third kappa shape index (κ3) is 3.18. The maximum absolute atomic E-state index is 6.21. The van der Waals surface area contributed by atoms with E-state index < -0.39 is 0 Å². The van der Waals surface area contributed by atoms with Gasteiger partial charge in [0.2, 0.25) is 0 Å². The number of nitrogens with zero attached hydrogens (tertiary/aromatic N) is 3. The first-order valence-electron chi connectivity index (χ1n) is 8.48. The Labute approximate surface area is 141 Å². The molecule has 1 aromatic carbocycles. The van der Waals surface area contributed by atoms with Gasteiger partial charge in [0.15, 0.2) is 0 Å². The van der Waals surface area contributed by atoms with Gasteiger partial charge in [-0.3, -0.25) is 9.89 Å². The third-order valence-electron chi connectivity index (χ3n) is 4.74. The Morgan fingerprint density at radius 3 is 2.83 bits per heavy atom. The summed E-state index contributed by atoms with van der Waals surface area (Å²) < 4.78 is 5.39. The number of hydrogen-bond donors (Lipinski definition) is 1. The van der Waals surface area contributed by atoms with Gasteiger partial charge in [0.05, 0.1) is 25.3 Å². The van der Waals surface area contributed by atoms with E-state index in [0.29, 0.717) is 5.82 Å². The SMILES string of the molecule is Nc1nc2cc(C3=CC=NC3)ccc2cc1CCN1CCOCC1. The van der Waals surface area contributed by atoms with Crippen molar-refractivity contribution in [2.24, 2.45) is 4.99 Å². The minimum absolute atomic E-state index is 0.643. The molecule has 24 heavy (non-hydrogen) atoms. The van der Waals surface area contributed by atoms with E-state index in [1.165, 1.54) is 11.1 Å². The number of nitrogens with two attached hydrogens (primary N) is 1. The molecule has 2 aliphatic rings. The summed E-state index contributed by atoms with van der Waals surface area (Å²) in [4.78, 5) is 11.3. The lowest BCUT2D eigenvalue weighted by Gasteiger charge is -2.26. The van der Waals surface area contributed by atoms with E-state index in [9.17, 15) is 0 Å². The molecule has 4 rings (SSSR count). The number of rotatable bonds is 4. The molecular formula is C19H22N4O. The third-order valence-corrected chi connectivity index (χ3v) is 4.74. The Hall–Kier alpha value is -2.24. The zero-order valence-corrected chi connectivity index (χ0v) is 13.7. The van der Waals surface area contributed by atoms with Gasteiger partial charge in [-0.2, -0.15) is 0 Å². The molecule has 124 valence electrons. The van der Waals surface area contributed by atoms with Gasteiger partial charge >= 0.3 is 0 Å². The van der Waals surface area contributed by atoms with Crippen LogP contribution in [0, 0.1) is 0 Å². The summed E-state index contributed by atoms with van der Waals surface area (Å²) in [6.07, 6.45) is 4.84. The molecule has 3 heterocycles. The molecule has 1 saturated heterocycles. The van der Waals surface area contributed by atoms with E-state index in [0.717, 1.165) is 62.3 Å². The van der Waals surface area contributed by atoms with Crippen molar-refractivity contribution in [3.8, 4) is 0 Å². The van der Waals surface area contributed by atoms with Crippen LogP contribution in [-0.2, 0) is 11.2 Å². The van der Waals surface area contributed by atoms with E-state index in [2.05, 4.69) is 45.2 Å². The van der Waals surface area contributed by atoms with Gasteiger partial charge in [0.1, 0.15) is 5.82 Å². The number of anilines is 1. The number of nitrogen functional groups attached to an aromatic ring is 1. The molecule has 0 radical (unpaired) electrons. The molecule has 1 aromatic heterocycles. The lowest BCUT2D eigenvalue weighted by atomic mass is 10.0. The molecule has 0 aliphatic carbocycles. The molecule has 0 unspecified atom stereocenters. The smallest absolute Gasteiger partial charge is 0.127 e. The van der Waals surface area contributed by atoms with Gasteiger partial charge in [-0.15, -0.1) is 0 Å². The van der Waals surface area contributed by atoms with Crippen LogP contribution < -0.4 is 5.73 Å². The van der Waals surface area contributed by atoms with Crippen molar-refractivity contribution in [1.82, 2.24) is 9.88 Å². The zero-order chi connectivity index (χ0) is 16.4. The summed E-state index contributed by atoms with van der Waals surface area (Å²) >= 11 is 0. The fraction of sp³-hybridized carbons (Fsp3) is 0.368. The normalized spacial score (nSPS) is 18.2.